The van der Waals surface area contributed by atoms with Crippen molar-refractivity contribution in [3.8, 4) is 0 Å². The van der Waals surface area contributed by atoms with Gasteiger partial charge in [0, 0.05) is 32.7 Å². The van der Waals surface area contributed by atoms with Crippen molar-refractivity contribution >= 4 is 11.3 Å². The van der Waals surface area contributed by atoms with E-state index in [1.54, 1.807) is 11.3 Å². The Morgan fingerprint density at radius 1 is 1.33 bits per heavy atom. The minimum Gasteiger partial charge on any atom is -0.375 e. The molecule has 1 spiro atoms. The Morgan fingerprint density at radius 2 is 2.19 bits per heavy atom. The minimum absolute atomic E-state index is 0.124. The predicted octanol–water partition coefficient (Wildman–Crippen LogP) is 3.30. The highest BCUT2D eigenvalue weighted by Crippen LogP contribution is 2.38. The van der Waals surface area contributed by atoms with Crippen LogP contribution in [0, 0.1) is 5.92 Å². The molecule has 0 amide bonds. The average Bonchev–Trinajstić information content (AvgIpc) is 3.04. The van der Waals surface area contributed by atoms with Gasteiger partial charge in [0.2, 0.25) is 0 Å². The zero-order chi connectivity index (χ0) is 14.1. The largest absolute Gasteiger partial charge is 0.375 e. The third kappa shape index (κ3) is 3.50. The lowest BCUT2D eigenvalue weighted by Crippen LogP contribution is -2.43. The monoisotopic (exact) mass is 307 g/mol. The Hall–Kier alpha value is -0.420. The number of hydrogen-bond donors (Lipinski definition) is 0. The van der Waals surface area contributed by atoms with Crippen LogP contribution in [0.3, 0.4) is 0 Å². The van der Waals surface area contributed by atoms with Gasteiger partial charge in [-0.25, -0.2) is 0 Å². The number of rotatable bonds is 5. The molecule has 1 saturated carbocycles. The smallest absolute Gasteiger partial charge is 0.0836 e. The van der Waals surface area contributed by atoms with Gasteiger partial charge in [-0.3, -0.25) is 4.90 Å². The Bertz CT molecular complexity index is 449. The number of likely N-dealkylation sites (tertiary alicyclic amines) is 1. The average molecular weight is 307 g/mol. The number of hydrogen-bond acceptors (Lipinski definition) is 4. The zero-order valence-corrected chi connectivity index (χ0v) is 13.4. The molecule has 4 rings (SSSR count). The van der Waals surface area contributed by atoms with E-state index in [0.717, 1.165) is 45.2 Å². The van der Waals surface area contributed by atoms with Crippen molar-refractivity contribution in [1.82, 2.24) is 4.90 Å². The van der Waals surface area contributed by atoms with Gasteiger partial charge < -0.3 is 9.47 Å². The standard InChI is InChI=1S/C17H25NO2S/c1-2-14(1)11-19-16-9-17(20-12-16)4-6-18(7-5-17)10-15-3-8-21-13-15/h3,8,13-14,16H,1-2,4-7,9-12H2/t16-/m0/s1. The molecule has 1 aromatic rings. The van der Waals surface area contributed by atoms with Crippen molar-refractivity contribution in [3.63, 3.8) is 0 Å². The number of ether oxygens (including phenoxy) is 2. The molecule has 4 heteroatoms. The molecular formula is C17H25NO2S. The van der Waals surface area contributed by atoms with Crippen molar-refractivity contribution in [2.75, 3.05) is 26.3 Å². The zero-order valence-electron chi connectivity index (χ0n) is 12.6. The van der Waals surface area contributed by atoms with Crippen LogP contribution in [0.25, 0.3) is 0 Å². The Labute approximate surface area is 131 Å². The van der Waals surface area contributed by atoms with Gasteiger partial charge in [0.25, 0.3) is 0 Å². The maximum Gasteiger partial charge on any atom is 0.0836 e. The predicted molar refractivity (Wildman–Crippen MR) is 84.6 cm³/mol. The van der Waals surface area contributed by atoms with E-state index in [1.165, 1.54) is 31.2 Å². The van der Waals surface area contributed by atoms with E-state index in [4.69, 9.17) is 9.47 Å². The maximum atomic E-state index is 6.18. The topological polar surface area (TPSA) is 21.7 Å². The van der Waals surface area contributed by atoms with Crippen molar-refractivity contribution < 1.29 is 9.47 Å². The van der Waals surface area contributed by atoms with Crippen LogP contribution in [-0.4, -0.2) is 42.9 Å². The first kappa shape index (κ1) is 14.2. The summed E-state index contributed by atoms with van der Waals surface area (Å²) in [5.41, 5.74) is 1.58. The highest BCUT2D eigenvalue weighted by Gasteiger charge is 2.43. The molecule has 0 unspecified atom stereocenters. The Balaban J connectivity index is 1.24. The molecule has 3 aliphatic rings. The van der Waals surface area contributed by atoms with Gasteiger partial charge in [-0.05, 0) is 54.0 Å². The SMILES string of the molecule is c1cc(CN2CCC3(CC2)C[C@H](OCC2CC2)CO3)cs1. The number of nitrogens with zero attached hydrogens (tertiary/aromatic N) is 1. The van der Waals surface area contributed by atoms with Gasteiger partial charge >= 0.3 is 0 Å². The summed E-state index contributed by atoms with van der Waals surface area (Å²) in [7, 11) is 0. The normalized spacial score (nSPS) is 29.2. The van der Waals surface area contributed by atoms with Gasteiger partial charge in [-0.15, -0.1) is 0 Å². The van der Waals surface area contributed by atoms with Crippen LogP contribution >= 0.6 is 11.3 Å². The van der Waals surface area contributed by atoms with Gasteiger partial charge in [0.05, 0.1) is 18.3 Å². The van der Waals surface area contributed by atoms with Crippen LogP contribution in [0.2, 0.25) is 0 Å². The van der Waals surface area contributed by atoms with Crippen LogP contribution in [-0.2, 0) is 16.0 Å². The summed E-state index contributed by atoms with van der Waals surface area (Å²) in [6, 6.07) is 2.24. The molecule has 2 aliphatic heterocycles. The fourth-order valence-electron chi connectivity index (χ4n) is 3.57. The molecule has 2 saturated heterocycles. The van der Waals surface area contributed by atoms with Crippen molar-refractivity contribution in [1.29, 1.82) is 0 Å². The summed E-state index contributed by atoms with van der Waals surface area (Å²) in [5, 5.41) is 4.43. The van der Waals surface area contributed by atoms with Gasteiger partial charge in [-0.2, -0.15) is 11.3 Å². The lowest BCUT2D eigenvalue weighted by molar-refractivity contribution is -0.0466. The maximum absolute atomic E-state index is 6.18. The summed E-state index contributed by atoms with van der Waals surface area (Å²) in [6.45, 7) is 5.20. The van der Waals surface area contributed by atoms with Crippen LogP contribution < -0.4 is 0 Å². The first-order valence-electron chi connectivity index (χ1n) is 8.30. The fourth-order valence-corrected chi connectivity index (χ4v) is 4.23. The lowest BCUT2D eigenvalue weighted by atomic mass is 9.88. The van der Waals surface area contributed by atoms with E-state index in [-0.39, 0.29) is 5.60 Å². The van der Waals surface area contributed by atoms with E-state index < -0.39 is 0 Å². The van der Waals surface area contributed by atoms with E-state index >= 15 is 0 Å². The summed E-state index contributed by atoms with van der Waals surface area (Å²) in [6.07, 6.45) is 6.55. The minimum atomic E-state index is 0.124. The fraction of sp³-hybridized carbons (Fsp3) is 0.765. The molecule has 0 N–H and O–H groups in total. The van der Waals surface area contributed by atoms with E-state index in [9.17, 15) is 0 Å². The third-order valence-electron chi connectivity index (χ3n) is 5.19. The second-order valence-corrected chi connectivity index (χ2v) is 7.78. The number of thiophene rings is 1. The lowest BCUT2D eigenvalue weighted by Gasteiger charge is -2.38. The summed E-state index contributed by atoms with van der Waals surface area (Å²) >= 11 is 1.79. The van der Waals surface area contributed by atoms with E-state index in [0.29, 0.717) is 6.10 Å². The van der Waals surface area contributed by atoms with Gasteiger partial charge in [0.1, 0.15) is 0 Å². The van der Waals surface area contributed by atoms with Crippen molar-refractivity contribution in [2.45, 2.75) is 50.4 Å². The quantitative estimate of drug-likeness (QED) is 0.833. The Morgan fingerprint density at radius 3 is 2.90 bits per heavy atom. The third-order valence-corrected chi connectivity index (χ3v) is 5.93. The van der Waals surface area contributed by atoms with E-state index in [2.05, 4.69) is 21.7 Å². The van der Waals surface area contributed by atoms with Gasteiger partial charge in [-0.1, -0.05) is 0 Å². The molecule has 116 valence electrons. The molecule has 3 fully saturated rings. The molecule has 1 aliphatic carbocycles. The van der Waals surface area contributed by atoms with Crippen LogP contribution in [0.4, 0.5) is 0 Å². The summed E-state index contributed by atoms with van der Waals surface area (Å²) in [5.74, 6) is 0.856. The molecule has 3 heterocycles. The highest BCUT2D eigenvalue weighted by atomic mass is 32.1. The molecule has 1 aromatic heterocycles. The van der Waals surface area contributed by atoms with Crippen molar-refractivity contribution in [2.24, 2.45) is 5.92 Å². The van der Waals surface area contributed by atoms with E-state index in [1.807, 2.05) is 0 Å². The first-order valence-corrected chi connectivity index (χ1v) is 9.25. The molecule has 3 nitrogen and oxygen atoms in total. The second kappa shape index (κ2) is 5.99. The summed E-state index contributed by atoms with van der Waals surface area (Å²) < 4.78 is 12.2. The summed E-state index contributed by atoms with van der Waals surface area (Å²) in [4.78, 5) is 2.56. The van der Waals surface area contributed by atoms with Crippen LogP contribution in [0.5, 0.6) is 0 Å². The van der Waals surface area contributed by atoms with Gasteiger partial charge in [0.15, 0.2) is 0 Å². The molecule has 0 bridgehead atoms. The number of piperidine rings is 1. The molecule has 21 heavy (non-hydrogen) atoms. The van der Waals surface area contributed by atoms with Crippen LogP contribution in [0.1, 0.15) is 37.7 Å². The molecule has 0 radical (unpaired) electrons. The molecule has 0 aromatic carbocycles. The van der Waals surface area contributed by atoms with Crippen LogP contribution in [0.15, 0.2) is 16.8 Å². The molecular weight excluding hydrogens is 282 g/mol. The Kier molecular flexibility index (Phi) is 4.05. The second-order valence-electron chi connectivity index (χ2n) is 7.00. The highest BCUT2D eigenvalue weighted by molar-refractivity contribution is 7.07. The van der Waals surface area contributed by atoms with Crippen molar-refractivity contribution in [3.05, 3.63) is 22.4 Å². The first-order chi connectivity index (χ1) is 10.3. The molecule has 1 atom stereocenters.